The maximum Gasteiger partial charge on any atom is 0.406 e. The average Bonchev–Trinajstić information content (AvgIpc) is 2.66. The molecule has 1 fully saturated rings. The summed E-state index contributed by atoms with van der Waals surface area (Å²) >= 11 is 0. The molecule has 1 saturated heterocycles. The van der Waals surface area contributed by atoms with E-state index in [1.807, 2.05) is 0 Å². The predicted octanol–water partition coefficient (Wildman–Crippen LogP) is -0.500. The van der Waals surface area contributed by atoms with Crippen molar-refractivity contribution in [2.45, 2.75) is 13.0 Å². The van der Waals surface area contributed by atoms with E-state index in [1.54, 1.807) is 18.5 Å². The molecule has 0 saturated carbocycles. The van der Waals surface area contributed by atoms with Crippen LogP contribution in [0.4, 0.5) is 11.6 Å². The molecule has 1 aromatic rings. The quantitative estimate of drug-likeness (QED) is 0.561. The van der Waals surface area contributed by atoms with E-state index in [-0.39, 0.29) is 18.2 Å². The molecule has 1 aromatic heterocycles. The molecule has 19 heavy (non-hydrogen) atoms. The SMILES string of the molecule is Cc1nc([N+](=O)[O-])c(N2CCNCC2C(=O)O)n1C. The zero-order chi connectivity index (χ0) is 14.2. The average molecular weight is 269 g/mol. The highest BCUT2D eigenvalue weighted by molar-refractivity contribution is 5.79. The second-order valence-electron chi connectivity index (χ2n) is 4.37. The van der Waals surface area contributed by atoms with Gasteiger partial charge in [0.25, 0.3) is 0 Å². The Labute approximate surface area is 109 Å². The number of nitrogens with zero attached hydrogens (tertiary/aromatic N) is 4. The normalized spacial score (nSPS) is 19.5. The summed E-state index contributed by atoms with van der Waals surface area (Å²) in [5.41, 5.74) is 0. The lowest BCUT2D eigenvalue weighted by Gasteiger charge is -2.34. The lowest BCUT2D eigenvalue weighted by Crippen LogP contribution is -2.55. The smallest absolute Gasteiger partial charge is 0.406 e. The molecule has 0 spiro atoms. The van der Waals surface area contributed by atoms with Gasteiger partial charge in [-0.1, -0.05) is 0 Å². The van der Waals surface area contributed by atoms with Gasteiger partial charge in [0.1, 0.15) is 6.04 Å². The second kappa shape index (κ2) is 4.84. The van der Waals surface area contributed by atoms with E-state index in [9.17, 15) is 20.0 Å². The largest absolute Gasteiger partial charge is 0.480 e. The van der Waals surface area contributed by atoms with Gasteiger partial charge in [-0.25, -0.2) is 4.79 Å². The van der Waals surface area contributed by atoms with Crippen molar-refractivity contribution in [3.8, 4) is 0 Å². The first kappa shape index (κ1) is 13.3. The molecular weight excluding hydrogens is 254 g/mol. The Balaban J connectivity index is 2.49. The molecule has 1 aliphatic rings. The second-order valence-corrected chi connectivity index (χ2v) is 4.37. The van der Waals surface area contributed by atoms with Crippen LogP contribution < -0.4 is 10.2 Å². The minimum Gasteiger partial charge on any atom is -0.480 e. The monoisotopic (exact) mass is 269 g/mol. The highest BCUT2D eigenvalue weighted by Gasteiger charge is 2.36. The van der Waals surface area contributed by atoms with Crippen LogP contribution in [0.5, 0.6) is 0 Å². The number of aromatic nitrogens is 2. The molecule has 104 valence electrons. The Hall–Kier alpha value is -2.16. The number of piperazine rings is 1. The van der Waals surface area contributed by atoms with E-state index in [0.29, 0.717) is 18.9 Å². The van der Waals surface area contributed by atoms with Crippen molar-refractivity contribution in [3.05, 3.63) is 15.9 Å². The first-order chi connectivity index (χ1) is 8.93. The number of carbonyl (C=O) groups is 1. The Morgan fingerprint density at radius 3 is 2.89 bits per heavy atom. The van der Waals surface area contributed by atoms with Gasteiger partial charge in [-0.05, 0) is 9.91 Å². The maximum atomic E-state index is 11.3. The van der Waals surface area contributed by atoms with Crippen LogP contribution in [0.2, 0.25) is 0 Å². The first-order valence-corrected chi connectivity index (χ1v) is 5.81. The zero-order valence-corrected chi connectivity index (χ0v) is 10.7. The van der Waals surface area contributed by atoms with E-state index < -0.39 is 16.9 Å². The lowest BCUT2D eigenvalue weighted by atomic mass is 10.2. The van der Waals surface area contributed by atoms with Crippen molar-refractivity contribution in [1.29, 1.82) is 0 Å². The number of rotatable bonds is 3. The van der Waals surface area contributed by atoms with Gasteiger partial charge in [-0.2, -0.15) is 0 Å². The van der Waals surface area contributed by atoms with Crippen molar-refractivity contribution in [2.24, 2.45) is 7.05 Å². The Morgan fingerprint density at radius 2 is 2.32 bits per heavy atom. The molecule has 0 bridgehead atoms. The molecule has 0 radical (unpaired) electrons. The highest BCUT2D eigenvalue weighted by Crippen LogP contribution is 2.30. The number of carboxylic acid groups (broad SMARTS) is 1. The molecule has 1 aliphatic heterocycles. The van der Waals surface area contributed by atoms with Gasteiger partial charge in [0.15, 0.2) is 0 Å². The maximum absolute atomic E-state index is 11.3. The van der Waals surface area contributed by atoms with Crippen LogP contribution in [0.1, 0.15) is 5.82 Å². The van der Waals surface area contributed by atoms with E-state index >= 15 is 0 Å². The first-order valence-electron chi connectivity index (χ1n) is 5.81. The van der Waals surface area contributed by atoms with Crippen molar-refractivity contribution in [1.82, 2.24) is 14.9 Å². The molecule has 0 aliphatic carbocycles. The summed E-state index contributed by atoms with van der Waals surface area (Å²) in [6.45, 7) is 2.85. The van der Waals surface area contributed by atoms with Crippen LogP contribution in [0.25, 0.3) is 0 Å². The minimum absolute atomic E-state index is 0.247. The van der Waals surface area contributed by atoms with Gasteiger partial charge >= 0.3 is 11.8 Å². The highest BCUT2D eigenvalue weighted by atomic mass is 16.6. The van der Waals surface area contributed by atoms with Gasteiger partial charge in [0.05, 0.1) is 0 Å². The molecule has 9 nitrogen and oxygen atoms in total. The summed E-state index contributed by atoms with van der Waals surface area (Å²) < 4.78 is 1.55. The fourth-order valence-electron chi connectivity index (χ4n) is 2.20. The van der Waals surface area contributed by atoms with Crippen molar-refractivity contribution >= 4 is 17.6 Å². The summed E-state index contributed by atoms with van der Waals surface area (Å²) in [5.74, 6) is -0.589. The number of aryl methyl sites for hydroxylation is 1. The van der Waals surface area contributed by atoms with Crippen LogP contribution in [0.3, 0.4) is 0 Å². The third-order valence-electron chi connectivity index (χ3n) is 3.24. The molecule has 1 unspecified atom stereocenters. The topological polar surface area (TPSA) is 114 Å². The summed E-state index contributed by atoms with van der Waals surface area (Å²) in [6.07, 6.45) is 0. The van der Waals surface area contributed by atoms with Crippen molar-refractivity contribution < 1.29 is 14.8 Å². The van der Waals surface area contributed by atoms with Gasteiger partial charge < -0.3 is 25.4 Å². The van der Waals surface area contributed by atoms with Crippen LogP contribution >= 0.6 is 0 Å². The molecule has 2 N–H and O–H groups in total. The molecule has 1 atom stereocenters. The standard InChI is InChI=1S/C10H15N5O4/c1-6-12-8(15(18)19)9(13(6)2)14-4-3-11-5-7(14)10(16)17/h7,11H,3-5H2,1-2H3,(H,16,17). The number of carboxylic acids is 1. The number of nitro groups is 1. The van der Waals surface area contributed by atoms with Crippen LogP contribution in [0, 0.1) is 17.0 Å². The number of aliphatic carboxylic acids is 1. The molecule has 2 heterocycles. The van der Waals surface area contributed by atoms with Crippen molar-refractivity contribution in [2.75, 3.05) is 24.5 Å². The fourth-order valence-corrected chi connectivity index (χ4v) is 2.20. The molecular formula is C10H15N5O4. The molecule has 9 heteroatoms. The molecule has 0 amide bonds. The number of anilines is 1. The summed E-state index contributed by atoms with van der Waals surface area (Å²) in [4.78, 5) is 27.1. The Bertz CT molecular complexity index is 526. The molecule has 2 rings (SSSR count). The summed E-state index contributed by atoms with van der Waals surface area (Å²) in [5, 5.41) is 23.2. The Kier molecular flexibility index (Phi) is 3.38. The third kappa shape index (κ3) is 2.24. The van der Waals surface area contributed by atoms with Gasteiger partial charge in [-0.15, -0.1) is 0 Å². The van der Waals surface area contributed by atoms with Crippen LogP contribution in [-0.2, 0) is 11.8 Å². The predicted molar refractivity (Wildman–Crippen MR) is 66.2 cm³/mol. The summed E-state index contributed by atoms with van der Waals surface area (Å²) in [6, 6.07) is -0.831. The Morgan fingerprint density at radius 1 is 1.63 bits per heavy atom. The number of nitrogens with one attached hydrogen (secondary N) is 1. The van der Waals surface area contributed by atoms with Crippen molar-refractivity contribution in [3.63, 3.8) is 0 Å². The van der Waals surface area contributed by atoms with Crippen LogP contribution in [-0.4, -0.2) is 51.2 Å². The minimum atomic E-state index is -1.01. The number of hydrogen-bond acceptors (Lipinski definition) is 6. The van der Waals surface area contributed by atoms with Gasteiger partial charge in [0.2, 0.25) is 11.6 Å². The van der Waals surface area contributed by atoms with E-state index in [4.69, 9.17) is 0 Å². The van der Waals surface area contributed by atoms with Crippen LogP contribution in [0.15, 0.2) is 0 Å². The lowest BCUT2D eigenvalue weighted by molar-refractivity contribution is -0.388. The van der Waals surface area contributed by atoms with Gasteiger partial charge in [0, 0.05) is 33.6 Å². The van der Waals surface area contributed by atoms with Gasteiger partial charge in [-0.3, -0.25) is 4.57 Å². The zero-order valence-electron chi connectivity index (χ0n) is 10.7. The third-order valence-corrected chi connectivity index (χ3v) is 3.24. The number of hydrogen-bond donors (Lipinski definition) is 2. The molecule has 0 aromatic carbocycles. The van der Waals surface area contributed by atoms with E-state index in [0.717, 1.165) is 0 Å². The fraction of sp³-hybridized carbons (Fsp3) is 0.600. The van der Waals surface area contributed by atoms with E-state index in [2.05, 4.69) is 10.3 Å². The van der Waals surface area contributed by atoms with E-state index in [1.165, 1.54) is 4.90 Å². The number of imidazole rings is 1. The summed E-state index contributed by atoms with van der Waals surface area (Å²) in [7, 11) is 1.64.